The molecule has 4 rings (SSSR count). The zero-order chi connectivity index (χ0) is 24.8. The maximum atomic E-state index is 12.5. The van der Waals surface area contributed by atoms with Crippen LogP contribution in [0.2, 0.25) is 0 Å². The predicted octanol–water partition coefficient (Wildman–Crippen LogP) is 5.04. The van der Waals surface area contributed by atoms with Crippen LogP contribution in [0.25, 0.3) is 16.1 Å². The number of amides is 1. The number of rotatable bonds is 4. The molecule has 0 spiro atoms. The number of ketones is 1. The van der Waals surface area contributed by atoms with E-state index in [9.17, 15) is 14.4 Å². The van der Waals surface area contributed by atoms with Crippen molar-refractivity contribution in [2.45, 2.75) is 60.1 Å². The van der Waals surface area contributed by atoms with E-state index in [1.807, 2.05) is 37.4 Å². The Hall–Kier alpha value is -3.20. The fourth-order valence-corrected chi connectivity index (χ4v) is 5.23. The summed E-state index contributed by atoms with van der Waals surface area (Å²) in [7, 11) is 0. The second-order valence-electron chi connectivity index (χ2n) is 9.37. The van der Waals surface area contributed by atoms with E-state index in [4.69, 9.17) is 14.5 Å². The van der Waals surface area contributed by atoms with Gasteiger partial charge in [-0.25, -0.2) is 14.6 Å². The summed E-state index contributed by atoms with van der Waals surface area (Å²) in [6.45, 7) is 11.8. The van der Waals surface area contributed by atoms with Crippen LogP contribution < -0.4 is 0 Å². The summed E-state index contributed by atoms with van der Waals surface area (Å²) in [5.74, 6) is -0.582. The number of thiazole rings is 1. The molecule has 0 aliphatic carbocycles. The van der Waals surface area contributed by atoms with Crippen LogP contribution in [0, 0.1) is 6.92 Å². The third kappa shape index (κ3) is 4.57. The van der Waals surface area contributed by atoms with Crippen molar-refractivity contribution in [3.8, 4) is 10.6 Å². The zero-order valence-electron chi connectivity index (χ0n) is 20.4. The van der Waals surface area contributed by atoms with Crippen molar-refractivity contribution < 1.29 is 23.9 Å². The van der Waals surface area contributed by atoms with Gasteiger partial charge in [0, 0.05) is 42.0 Å². The van der Waals surface area contributed by atoms with Gasteiger partial charge in [-0.2, -0.15) is 0 Å². The summed E-state index contributed by atoms with van der Waals surface area (Å²) in [6.07, 6.45) is 2.21. The number of pyridine rings is 1. The van der Waals surface area contributed by atoms with E-state index in [1.165, 1.54) is 18.3 Å². The maximum Gasteiger partial charge on any atom is 0.410 e. The highest BCUT2D eigenvalue weighted by Crippen LogP contribution is 2.34. The number of nitrogens with zero attached hydrogens (tertiary/aromatic N) is 3. The van der Waals surface area contributed by atoms with Crippen molar-refractivity contribution in [2.75, 3.05) is 13.2 Å². The Kier molecular flexibility index (Phi) is 6.24. The molecule has 0 N–H and O–H groups in total. The van der Waals surface area contributed by atoms with Crippen LogP contribution in [-0.2, 0) is 22.4 Å². The van der Waals surface area contributed by atoms with Crippen LogP contribution in [0.3, 0.4) is 0 Å². The number of hydrogen-bond donors (Lipinski definition) is 0. The third-order valence-corrected chi connectivity index (χ3v) is 6.73. The molecule has 3 aromatic rings. The van der Waals surface area contributed by atoms with Crippen molar-refractivity contribution in [3.05, 3.63) is 45.7 Å². The van der Waals surface area contributed by atoms with Crippen molar-refractivity contribution >= 4 is 34.7 Å². The predicted molar refractivity (Wildman–Crippen MR) is 130 cm³/mol. The molecule has 0 atom stereocenters. The van der Waals surface area contributed by atoms with E-state index in [-0.39, 0.29) is 18.5 Å². The molecule has 34 heavy (non-hydrogen) atoms. The highest BCUT2D eigenvalue weighted by Gasteiger charge is 2.28. The lowest BCUT2D eigenvalue weighted by molar-refractivity contribution is 0.0225. The Morgan fingerprint density at radius 2 is 1.94 bits per heavy atom. The fraction of sp³-hybridized carbons (Fsp3) is 0.440. The molecule has 0 aromatic carbocycles. The lowest BCUT2D eigenvalue weighted by atomic mass is 10.0. The molecule has 1 amide bonds. The third-order valence-electron chi connectivity index (χ3n) is 5.60. The number of hydrogen-bond acceptors (Lipinski definition) is 7. The van der Waals surface area contributed by atoms with Crippen LogP contribution in [-0.4, -0.2) is 50.9 Å². The van der Waals surface area contributed by atoms with Crippen LogP contribution >= 0.6 is 11.3 Å². The second kappa shape index (κ2) is 8.87. The quantitative estimate of drug-likeness (QED) is 0.381. The van der Waals surface area contributed by atoms with Gasteiger partial charge in [-0.15, -0.1) is 11.3 Å². The standard InChI is InChI=1S/C25H29N3O5S/c1-7-32-23(30)18-11-17-10-16(12-28(17)21(14(18)2)15(3)29)22-26-19-8-9-27(13-20(19)34-22)24(31)33-25(4,5)6/h10-12H,7-9,13H2,1-6H3. The maximum absolute atomic E-state index is 12.5. The number of fused-ring (bicyclic) bond motifs is 2. The highest BCUT2D eigenvalue weighted by molar-refractivity contribution is 7.15. The average Bonchev–Trinajstić information content (AvgIpc) is 3.34. The number of carbonyl (C=O) groups is 3. The largest absolute Gasteiger partial charge is 0.462 e. The van der Waals surface area contributed by atoms with E-state index in [2.05, 4.69) is 0 Å². The summed E-state index contributed by atoms with van der Waals surface area (Å²) < 4.78 is 12.5. The van der Waals surface area contributed by atoms with Gasteiger partial charge in [-0.3, -0.25) is 4.79 Å². The fourth-order valence-electron chi connectivity index (χ4n) is 4.12. The van der Waals surface area contributed by atoms with Crippen molar-refractivity contribution in [2.24, 2.45) is 0 Å². The molecule has 4 heterocycles. The molecule has 0 fully saturated rings. The molecule has 0 radical (unpaired) electrons. The summed E-state index contributed by atoms with van der Waals surface area (Å²) in [6, 6.07) is 3.67. The van der Waals surface area contributed by atoms with Crippen LogP contribution in [0.5, 0.6) is 0 Å². The Balaban J connectivity index is 1.69. The van der Waals surface area contributed by atoms with Crippen LogP contribution in [0.15, 0.2) is 18.3 Å². The van der Waals surface area contributed by atoms with Crippen molar-refractivity contribution in [3.63, 3.8) is 0 Å². The lowest BCUT2D eigenvalue weighted by Gasteiger charge is -2.29. The molecule has 0 bridgehead atoms. The minimum absolute atomic E-state index is 0.137. The van der Waals surface area contributed by atoms with E-state index >= 15 is 0 Å². The van der Waals surface area contributed by atoms with E-state index in [0.717, 1.165) is 26.7 Å². The molecule has 0 unspecified atom stereocenters. The number of Topliss-reactive ketones (excluding diaryl/α,β-unsaturated/α-hetero) is 1. The molecule has 9 heteroatoms. The second-order valence-corrected chi connectivity index (χ2v) is 10.5. The number of aromatic nitrogens is 2. The zero-order valence-corrected chi connectivity index (χ0v) is 21.2. The molecular formula is C25H29N3O5S. The smallest absolute Gasteiger partial charge is 0.410 e. The molecule has 3 aromatic heterocycles. The Labute approximate surface area is 202 Å². The Morgan fingerprint density at radius 3 is 2.59 bits per heavy atom. The van der Waals surface area contributed by atoms with E-state index in [1.54, 1.807) is 24.8 Å². The Bertz CT molecular complexity index is 1300. The van der Waals surface area contributed by atoms with E-state index in [0.29, 0.717) is 36.3 Å². The molecule has 180 valence electrons. The topological polar surface area (TPSA) is 90.2 Å². The number of ether oxygens (including phenoxy) is 2. The summed E-state index contributed by atoms with van der Waals surface area (Å²) >= 11 is 1.53. The average molecular weight is 484 g/mol. The normalized spacial score (nSPS) is 13.6. The van der Waals surface area contributed by atoms with Gasteiger partial charge in [0.15, 0.2) is 5.78 Å². The first-order valence-electron chi connectivity index (χ1n) is 11.3. The van der Waals surface area contributed by atoms with Crippen molar-refractivity contribution in [1.82, 2.24) is 14.3 Å². The molecule has 8 nitrogen and oxygen atoms in total. The van der Waals surface area contributed by atoms with E-state index < -0.39 is 11.6 Å². The van der Waals surface area contributed by atoms with Gasteiger partial charge in [-0.1, -0.05) is 0 Å². The van der Waals surface area contributed by atoms with Gasteiger partial charge in [-0.05, 0) is 52.3 Å². The summed E-state index contributed by atoms with van der Waals surface area (Å²) in [4.78, 5) is 45.0. The minimum Gasteiger partial charge on any atom is -0.462 e. The molecule has 1 aliphatic rings. The van der Waals surface area contributed by atoms with Gasteiger partial charge in [0.05, 0.1) is 30.1 Å². The van der Waals surface area contributed by atoms with Crippen LogP contribution in [0.4, 0.5) is 4.79 Å². The number of carbonyl (C=O) groups excluding carboxylic acids is 3. The van der Waals surface area contributed by atoms with Crippen LogP contribution in [0.1, 0.15) is 71.6 Å². The van der Waals surface area contributed by atoms with Gasteiger partial charge in [0.25, 0.3) is 0 Å². The number of esters is 1. The lowest BCUT2D eigenvalue weighted by Crippen LogP contribution is -2.39. The first-order chi connectivity index (χ1) is 16.0. The summed E-state index contributed by atoms with van der Waals surface area (Å²) in [5, 5.41) is 0.810. The van der Waals surface area contributed by atoms with Gasteiger partial charge < -0.3 is 18.8 Å². The van der Waals surface area contributed by atoms with Gasteiger partial charge >= 0.3 is 12.1 Å². The van der Waals surface area contributed by atoms with Gasteiger partial charge in [0.1, 0.15) is 10.6 Å². The molecule has 0 saturated heterocycles. The Morgan fingerprint density at radius 1 is 1.21 bits per heavy atom. The SMILES string of the molecule is CCOC(=O)c1cc2cc(-c3nc4c(s3)CN(C(=O)OC(C)(C)C)CC4)cn2c(C(C)=O)c1C. The highest BCUT2D eigenvalue weighted by atomic mass is 32.1. The molecular weight excluding hydrogens is 454 g/mol. The first kappa shape index (κ1) is 23.9. The monoisotopic (exact) mass is 483 g/mol. The molecule has 0 saturated carbocycles. The van der Waals surface area contributed by atoms with Gasteiger partial charge in [0.2, 0.25) is 0 Å². The first-order valence-corrected chi connectivity index (χ1v) is 12.1. The molecule has 1 aliphatic heterocycles. The minimum atomic E-state index is -0.544. The van der Waals surface area contributed by atoms with Crippen molar-refractivity contribution in [1.29, 1.82) is 0 Å². The summed E-state index contributed by atoms with van der Waals surface area (Å²) in [5.41, 5.74) is 3.43.